The minimum absolute atomic E-state index is 0.0343. The highest BCUT2D eigenvalue weighted by atomic mass is 16.1. The van der Waals surface area contributed by atoms with Gasteiger partial charge in [0.2, 0.25) is 5.91 Å². The van der Waals surface area contributed by atoms with Gasteiger partial charge in [0.1, 0.15) is 0 Å². The van der Waals surface area contributed by atoms with Gasteiger partial charge in [-0.2, -0.15) is 0 Å². The van der Waals surface area contributed by atoms with E-state index >= 15 is 0 Å². The van der Waals surface area contributed by atoms with Crippen molar-refractivity contribution in [3.8, 4) is 11.1 Å². The van der Waals surface area contributed by atoms with Crippen molar-refractivity contribution in [2.45, 2.75) is 19.3 Å². The smallest absolute Gasteiger partial charge is 0.231 e. The van der Waals surface area contributed by atoms with Crippen LogP contribution in [0.2, 0.25) is 0 Å². The zero-order valence-corrected chi connectivity index (χ0v) is 13.8. The number of benzene rings is 3. The van der Waals surface area contributed by atoms with Crippen LogP contribution in [0.15, 0.2) is 84.9 Å². The van der Waals surface area contributed by atoms with E-state index in [1.807, 2.05) is 79.7 Å². The van der Waals surface area contributed by atoms with Gasteiger partial charge in [-0.05, 0) is 23.6 Å². The number of nitrogens with one attached hydrogen (secondary N) is 1. The molecule has 3 aromatic carbocycles. The fourth-order valence-electron chi connectivity index (χ4n) is 2.94. The van der Waals surface area contributed by atoms with E-state index in [4.69, 9.17) is 0 Å². The maximum absolute atomic E-state index is 12.8. The number of amides is 1. The van der Waals surface area contributed by atoms with Gasteiger partial charge in [-0.15, -0.1) is 0 Å². The maximum atomic E-state index is 12.8. The normalized spacial score (nSPS) is 11.7. The lowest BCUT2D eigenvalue weighted by Gasteiger charge is -2.17. The molecule has 0 saturated heterocycles. The quantitative estimate of drug-likeness (QED) is 0.663. The number of hydrogen-bond donors (Lipinski definition) is 1. The minimum Gasteiger partial charge on any atom is -0.325 e. The van der Waals surface area contributed by atoms with Gasteiger partial charge in [0, 0.05) is 11.3 Å². The molecule has 0 bridgehead atoms. The van der Waals surface area contributed by atoms with Crippen LogP contribution in [0.25, 0.3) is 11.1 Å². The minimum atomic E-state index is -0.143. The molecule has 120 valence electrons. The molecule has 0 heterocycles. The van der Waals surface area contributed by atoms with Gasteiger partial charge in [-0.1, -0.05) is 85.8 Å². The molecule has 0 saturated carbocycles. The van der Waals surface area contributed by atoms with E-state index in [2.05, 4.69) is 17.4 Å². The molecule has 0 aliphatic carbocycles. The number of hydrogen-bond acceptors (Lipinski definition) is 1. The summed E-state index contributed by atoms with van der Waals surface area (Å²) in [4.78, 5) is 12.8. The van der Waals surface area contributed by atoms with E-state index < -0.39 is 0 Å². The average molecular weight is 315 g/mol. The van der Waals surface area contributed by atoms with Crippen molar-refractivity contribution >= 4 is 11.6 Å². The Morgan fingerprint density at radius 2 is 1.42 bits per heavy atom. The lowest BCUT2D eigenvalue weighted by molar-refractivity contribution is -0.117. The summed E-state index contributed by atoms with van der Waals surface area (Å²) in [6, 6.07) is 28.0. The second-order valence-corrected chi connectivity index (χ2v) is 5.77. The topological polar surface area (TPSA) is 29.1 Å². The molecule has 0 aliphatic heterocycles. The highest BCUT2D eigenvalue weighted by Crippen LogP contribution is 2.29. The van der Waals surface area contributed by atoms with Crippen LogP contribution in [0, 0.1) is 0 Å². The number of carbonyl (C=O) groups excluding carboxylic acids is 1. The Morgan fingerprint density at radius 1 is 0.833 bits per heavy atom. The third kappa shape index (κ3) is 3.54. The van der Waals surface area contributed by atoms with Crippen molar-refractivity contribution in [1.82, 2.24) is 0 Å². The molecule has 3 aromatic rings. The molecule has 0 radical (unpaired) electrons. The summed E-state index contributed by atoms with van der Waals surface area (Å²) in [5.41, 5.74) is 4.04. The molecule has 1 amide bonds. The van der Waals surface area contributed by atoms with E-state index in [0.29, 0.717) is 0 Å². The largest absolute Gasteiger partial charge is 0.325 e. The Hall–Kier alpha value is -2.87. The summed E-state index contributed by atoms with van der Waals surface area (Å²) >= 11 is 0. The Morgan fingerprint density at radius 3 is 2.08 bits per heavy atom. The molecule has 0 aromatic heterocycles. The van der Waals surface area contributed by atoms with Crippen molar-refractivity contribution in [1.29, 1.82) is 0 Å². The molecule has 1 atom stereocenters. The number of rotatable bonds is 5. The van der Waals surface area contributed by atoms with Crippen molar-refractivity contribution in [2.24, 2.45) is 0 Å². The molecule has 0 fully saturated rings. The van der Waals surface area contributed by atoms with Gasteiger partial charge in [0.25, 0.3) is 0 Å². The highest BCUT2D eigenvalue weighted by molar-refractivity contribution is 5.99. The average Bonchev–Trinajstić information content (AvgIpc) is 2.64. The van der Waals surface area contributed by atoms with E-state index in [0.717, 1.165) is 28.8 Å². The second kappa shape index (κ2) is 7.60. The first-order valence-electron chi connectivity index (χ1n) is 8.30. The summed E-state index contributed by atoms with van der Waals surface area (Å²) in [6.07, 6.45) is 0.767. The zero-order valence-electron chi connectivity index (χ0n) is 13.8. The van der Waals surface area contributed by atoms with Crippen molar-refractivity contribution in [2.75, 3.05) is 5.32 Å². The number of para-hydroxylation sites is 1. The van der Waals surface area contributed by atoms with Crippen LogP contribution < -0.4 is 5.32 Å². The summed E-state index contributed by atoms with van der Waals surface area (Å²) in [7, 11) is 0. The highest BCUT2D eigenvalue weighted by Gasteiger charge is 2.19. The lowest BCUT2D eigenvalue weighted by atomic mass is 9.95. The summed E-state index contributed by atoms with van der Waals surface area (Å²) in [5.74, 6) is -0.109. The van der Waals surface area contributed by atoms with Crippen LogP contribution in [-0.2, 0) is 4.79 Å². The Kier molecular flexibility index (Phi) is 5.07. The lowest BCUT2D eigenvalue weighted by Crippen LogP contribution is -2.21. The van der Waals surface area contributed by atoms with Crippen LogP contribution in [0.4, 0.5) is 5.69 Å². The molecule has 0 spiro atoms. The van der Waals surface area contributed by atoms with Gasteiger partial charge in [-0.25, -0.2) is 0 Å². The molecule has 1 N–H and O–H groups in total. The Balaban J connectivity index is 1.87. The Bertz CT molecular complexity index is 796. The predicted molar refractivity (Wildman–Crippen MR) is 100.0 cm³/mol. The molecule has 1 unspecified atom stereocenters. The molecule has 2 heteroatoms. The SMILES string of the molecule is CCC(C(=O)Nc1ccccc1-c1ccccc1)c1ccccc1. The van der Waals surface area contributed by atoms with Gasteiger partial charge in [0.15, 0.2) is 0 Å². The molecular weight excluding hydrogens is 294 g/mol. The number of anilines is 1. The van der Waals surface area contributed by atoms with Crippen molar-refractivity contribution in [3.63, 3.8) is 0 Å². The first kappa shape index (κ1) is 16.0. The number of carbonyl (C=O) groups is 1. The van der Waals surface area contributed by atoms with Crippen LogP contribution in [0.3, 0.4) is 0 Å². The second-order valence-electron chi connectivity index (χ2n) is 5.77. The van der Waals surface area contributed by atoms with Crippen molar-refractivity contribution in [3.05, 3.63) is 90.5 Å². The third-order valence-corrected chi connectivity index (χ3v) is 4.20. The molecule has 24 heavy (non-hydrogen) atoms. The van der Waals surface area contributed by atoms with Gasteiger partial charge >= 0.3 is 0 Å². The monoisotopic (exact) mass is 315 g/mol. The fraction of sp³-hybridized carbons (Fsp3) is 0.136. The van der Waals surface area contributed by atoms with Crippen LogP contribution in [-0.4, -0.2) is 5.91 Å². The van der Waals surface area contributed by atoms with E-state index in [9.17, 15) is 4.79 Å². The van der Waals surface area contributed by atoms with E-state index in [1.54, 1.807) is 0 Å². The van der Waals surface area contributed by atoms with Crippen LogP contribution >= 0.6 is 0 Å². The van der Waals surface area contributed by atoms with Gasteiger partial charge in [0.05, 0.1) is 5.92 Å². The van der Waals surface area contributed by atoms with Crippen LogP contribution in [0.1, 0.15) is 24.8 Å². The van der Waals surface area contributed by atoms with Gasteiger partial charge in [-0.3, -0.25) is 4.79 Å². The first-order chi connectivity index (χ1) is 11.8. The predicted octanol–water partition coefficient (Wildman–Crippen LogP) is 5.49. The van der Waals surface area contributed by atoms with Gasteiger partial charge < -0.3 is 5.32 Å². The zero-order chi connectivity index (χ0) is 16.8. The third-order valence-electron chi connectivity index (χ3n) is 4.20. The molecule has 0 aliphatic rings. The maximum Gasteiger partial charge on any atom is 0.231 e. The summed E-state index contributed by atoms with van der Waals surface area (Å²) in [5, 5.41) is 3.12. The van der Waals surface area contributed by atoms with Crippen molar-refractivity contribution < 1.29 is 4.79 Å². The van der Waals surface area contributed by atoms with Crippen LogP contribution in [0.5, 0.6) is 0 Å². The summed E-state index contributed by atoms with van der Waals surface area (Å²) in [6.45, 7) is 2.04. The molecule has 2 nitrogen and oxygen atoms in total. The molecule has 3 rings (SSSR count). The first-order valence-corrected chi connectivity index (χ1v) is 8.30. The van der Waals surface area contributed by atoms with E-state index in [1.165, 1.54) is 0 Å². The van der Waals surface area contributed by atoms with E-state index in [-0.39, 0.29) is 11.8 Å². The summed E-state index contributed by atoms with van der Waals surface area (Å²) < 4.78 is 0. The standard InChI is InChI=1S/C22H21NO/c1-2-19(17-11-5-3-6-12-17)22(24)23-21-16-10-9-15-20(21)18-13-7-4-8-14-18/h3-16,19H,2H2,1H3,(H,23,24). The molecular formula is C22H21NO. The Labute approximate surface area is 143 Å². The fourth-order valence-corrected chi connectivity index (χ4v) is 2.94.